The van der Waals surface area contributed by atoms with Crippen molar-refractivity contribution in [3.8, 4) is 11.5 Å². The fourth-order valence-electron chi connectivity index (χ4n) is 2.60. The molecule has 1 aliphatic rings. The van der Waals surface area contributed by atoms with Crippen molar-refractivity contribution in [2.24, 2.45) is 4.99 Å². The van der Waals surface area contributed by atoms with E-state index >= 15 is 0 Å². The van der Waals surface area contributed by atoms with Gasteiger partial charge in [-0.15, -0.1) is 0 Å². The summed E-state index contributed by atoms with van der Waals surface area (Å²) in [6.45, 7) is 3.89. The van der Waals surface area contributed by atoms with Crippen LogP contribution in [-0.2, 0) is 6.54 Å². The second-order valence-electron chi connectivity index (χ2n) is 5.77. The third-order valence-electron chi connectivity index (χ3n) is 3.84. The van der Waals surface area contributed by atoms with E-state index in [-0.39, 0.29) is 13.3 Å². The number of benzene rings is 1. The average molecular weight is 345 g/mol. The predicted octanol–water partition coefficient (Wildman–Crippen LogP) is 2.14. The molecule has 7 nitrogen and oxygen atoms in total. The van der Waals surface area contributed by atoms with E-state index in [0.717, 1.165) is 23.6 Å². The van der Waals surface area contributed by atoms with Gasteiger partial charge in [-0.25, -0.2) is 4.99 Å². The van der Waals surface area contributed by atoms with E-state index in [0.29, 0.717) is 18.3 Å². The first-order chi connectivity index (χ1) is 12.2. The third-order valence-corrected chi connectivity index (χ3v) is 3.84. The van der Waals surface area contributed by atoms with Crippen molar-refractivity contribution in [1.82, 2.24) is 10.2 Å². The highest BCUT2D eigenvalue weighted by molar-refractivity contribution is 5.79. The number of aliphatic imine (C=N–C) groups is 1. The van der Waals surface area contributed by atoms with Gasteiger partial charge in [0, 0.05) is 20.1 Å². The maximum Gasteiger partial charge on any atom is 0.231 e. The Morgan fingerprint density at radius 3 is 2.92 bits per heavy atom. The molecule has 0 saturated carbocycles. The van der Waals surface area contributed by atoms with Crippen molar-refractivity contribution in [1.29, 1.82) is 0 Å². The highest BCUT2D eigenvalue weighted by Crippen LogP contribution is 2.32. The summed E-state index contributed by atoms with van der Waals surface area (Å²) in [4.78, 5) is 6.50. The number of guanidine groups is 1. The Bertz CT molecular complexity index is 715. The second-order valence-corrected chi connectivity index (χ2v) is 5.77. The van der Waals surface area contributed by atoms with Gasteiger partial charge >= 0.3 is 0 Å². The Balaban J connectivity index is 1.65. The summed E-state index contributed by atoms with van der Waals surface area (Å²) < 4.78 is 16.0. The Morgan fingerprint density at radius 1 is 1.32 bits per heavy atom. The van der Waals surface area contributed by atoms with Crippen LogP contribution in [0.1, 0.15) is 24.4 Å². The lowest BCUT2D eigenvalue weighted by molar-refractivity contribution is 0.158. The Hall–Kier alpha value is -2.67. The highest BCUT2D eigenvalue weighted by atomic mass is 16.7. The molecule has 3 rings (SSSR count). The largest absolute Gasteiger partial charge is 0.467 e. The van der Waals surface area contributed by atoms with Crippen LogP contribution >= 0.6 is 0 Å². The SMILES string of the molecule is CCNC(=NCC(O)c1ccco1)N(C)Cc1ccc2c(c1)OCO2. The summed E-state index contributed by atoms with van der Waals surface area (Å²) in [7, 11) is 1.95. The molecular formula is C18H23N3O4. The minimum Gasteiger partial charge on any atom is -0.467 e. The van der Waals surface area contributed by atoms with E-state index in [4.69, 9.17) is 13.9 Å². The lowest BCUT2D eigenvalue weighted by Crippen LogP contribution is -2.38. The monoisotopic (exact) mass is 345 g/mol. The zero-order valence-corrected chi connectivity index (χ0v) is 14.4. The van der Waals surface area contributed by atoms with Crippen LogP contribution in [0.25, 0.3) is 0 Å². The third kappa shape index (κ3) is 4.24. The van der Waals surface area contributed by atoms with E-state index in [1.54, 1.807) is 18.4 Å². The summed E-state index contributed by atoms with van der Waals surface area (Å²) in [6.07, 6.45) is 0.779. The summed E-state index contributed by atoms with van der Waals surface area (Å²) >= 11 is 0. The molecule has 0 fully saturated rings. The van der Waals surface area contributed by atoms with Crippen molar-refractivity contribution in [2.45, 2.75) is 19.6 Å². The topological polar surface area (TPSA) is 79.5 Å². The summed E-state index contributed by atoms with van der Waals surface area (Å²) in [5.41, 5.74) is 1.09. The van der Waals surface area contributed by atoms with E-state index in [1.807, 2.05) is 37.1 Å². The summed E-state index contributed by atoms with van der Waals surface area (Å²) in [6, 6.07) is 9.38. The van der Waals surface area contributed by atoms with Crippen LogP contribution in [0.15, 0.2) is 46.0 Å². The first kappa shape index (κ1) is 17.2. The van der Waals surface area contributed by atoms with Crippen LogP contribution in [0.3, 0.4) is 0 Å². The lowest BCUT2D eigenvalue weighted by Gasteiger charge is -2.22. The number of nitrogens with zero attached hydrogens (tertiary/aromatic N) is 2. The molecule has 0 aliphatic carbocycles. The number of nitrogens with one attached hydrogen (secondary N) is 1. The van der Waals surface area contributed by atoms with Crippen molar-refractivity contribution >= 4 is 5.96 Å². The number of furan rings is 1. The molecule has 134 valence electrons. The Labute approximate surface area is 146 Å². The predicted molar refractivity (Wildman–Crippen MR) is 93.7 cm³/mol. The van der Waals surface area contributed by atoms with Crippen LogP contribution in [0, 0.1) is 0 Å². The van der Waals surface area contributed by atoms with Crippen molar-refractivity contribution in [3.63, 3.8) is 0 Å². The van der Waals surface area contributed by atoms with Gasteiger partial charge in [0.2, 0.25) is 6.79 Å². The van der Waals surface area contributed by atoms with Crippen LogP contribution < -0.4 is 14.8 Å². The number of aliphatic hydroxyl groups is 1. The molecule has 1 unspecified atom stereocenters. The van der Waals surface area contributed by atoms with Gasteiger partial charge in [-0.3, -0.25) is 0 Å². The molecule has 7 heteroatoms. The van der Waals surface area contributed by atoms with E-state index in [1.165, 1.54) is 0 Å². The molecule has 0 radical (unpaired) electrons. The number of hydrogen-bond acceptors (Lipinski definition) is 5. The molecule has 1 aliphatic heterocycles. The highest BCUT2D eigenvalue weighted by Gasteiger charge is 2.15. The molecular weight excluding hydrogens is 322 g/mol. The number of aliphatic hydroxyl groups excluding tert-OH is 1. The summed E-state index contributed by atoms with van der Waals surface area (Å²) in [5.74, 6) is 2.76. The molecule has 25 heavy (non-hydrogen) atoms. The van der Waals surface area contributed by atoms with Crippen LogP contribution in [0.2, 0.25) is 0 Å². The molecule has 0 amide bonds. The molecule has 0 spiro atoms. The van der Waals surface area contributed by atoms with Crippen molar-refractivity contribution < 1.29 is 19.0 Å². The lowest BCUT2D eigenvalue weighted by atomic mass is 10.2. The average Bonchev–Trinajstić information content (AvgIpc) is 3.29. The van der Waals surface area contributed by atoms with Gasteiger partial charge in [-0.2, -0.15) is 0 Å². The maximum absolute atomic E-state index is 10.1. The standard InChI is InChI=1S/C18H23N3O4/c1-3-19-18(20-10-14(22)15-5-4-8-23-15)21(2)11-13-6-7-16-17(9-13)25-12-24-16/h4-9,14,22H,3,10-12H2,1-2H3,(H,19,20). The minimum atomic E-state index is -0.761. The molecule has 1 aromatic heterocycles. The van der Waals surface area contributed by atoms with Gasteiger partial charge in [0.25, 0.3) is 0 Å². The zero-order chi connectivity index (χ0) is 17.6. The van der Waals surface area contributed by atoms with Crippen LogP contribution in [0.5, 0.6) is 11.5 Å². The fourth-order valence-corrected chi connectivity index (χ4v) is 2.60. The van der Waals surface area contributed by atoms with Gasteiger partial charge in [0.1, 0.15) is 11.9 Å². The number of rotatable bonds is 6. The normalized spacial score (nSPS) is 14.4. The van der Waals surface area contributed by atoms with E-state index in [2.05, 4.69) is 10.3 Å². The number of fused-ring (bicyclic) bond motifs is 1. The Kier molecular flexibility index (Phi) is 5.45. The quantitative estimate of drug-likeness (QED) is 0.617. The summed E-state index contributed by atoms with van der Waals surface area (Å²) in [5, 5.41) is 13.4. The molecule has 0 saturated heterocycles. The van der Waals surface area contributed by atoms with Crippen LogP contribution in [-0.4, -0.2) is 42.9 Å². The number of ether oxygens (including phenoxy) is 2. The molecule has 0 bridgehead atoms. The van der Waals surface area contributed by atoms with Gasteiger partial charge in [0.05, 0.1) is 12.8 Å². The zero-order valence-electron chi connectivity index (χ0n) is 14.4. The van der Waals surface area contributed by atoms with Gasteiger partial charge in [0.15, 0.2) is 17.5 Å². The Morgan fingerprint density at radius 2 is 2.16 bits per heavy atom. The molecule has 2 heterocycles. The first-order valence-corrected chi connectivity index (χ1v) is 8.27. The van der Waals surface area contributed by atoms with Crippen LogP contribution in [0.4, 0.5) is 0 Å². The van der Waals surface area contributed by atoms with Gasteiger partial charge < -0.3 is 29.2 Å². The maximum atomic E-state index is 10.1. The molecule has 2 aromatic rings. The van der Waals surface area contributed by atoms with E-state index in [9.17, 15) is 5.11 Å². The van der Waals surface area contributed by atoms with Gasteiger partial charge in [-0.05, 0) is 36.8 Å². The fraction of sp³-hybridized carbons (Fsp3) is 0.389. The second kappa shape index (κ2) is 7.94. The first-order valence-electron chi connectivity index (χ1n) is 8.27. The smallest absolute Gasteiger partial charge is 0.231 e. The number of hydrogen-bond donors (Lipinski definition) is 2. The molecule has 1 aromatic carbocycles. The van der Waals surface area contributed by atoms with Crippen molar-refractivity contribution in [3.05, 3.63) is 47.9 Å². The minimum absolute atomic E-state index is 0.224. The van der Waals surface area contributed by atoms with Crippen molar-refractivity contribution in [2.75, 3.05) is 26.9 Å². The molecule has 1 atom stereocenters. The van der Waals surface area contributed by atoms with E-state index < -0.39 is 6.10 Å². The van der Waals surface area contributed by atoms with Gasteiger partial charge in [-0.1, -0.05) is 6.07 Å². The molecule has 2 N–H and O–H groups in total.